The Bertz CT molecular complexity index is 615. The summed E-state index contributed by atoms with van der Waals surface area (Å²) in [6.45, 7) is -0.524. The van der Waals surface area contributed by atoms with Crippen molar-refractivity contribution in [3.8, 4) is 12.3 Å². The summed E-state index contributed by atoms with van der Waals surface area (Å²) in [6, 6.07) is 1.14. The molecule has 1 aliphatic rings. The second-order valence-electron chi connectivity index (χ2n) is 4.24. The molecule has 0 aliphatic carbocycles. The molecule has 0 spiro atoms. The maximum absolute atomic E-state index is 11.7. The molecule has 3 N–H and O–H groups in total. The molecule has 0 aromatic carbocycles. The lowest BCUT2D eigenvalue weighted by molar-refractivity contribution is -0.0677. The maximum atomic E-state index is 11.7. The molecule has 1 fully saturated rings. The van der Waals surface area contributed by atoms with Crippen molar-refractivity contribution in [1.82, 2.24) is 9.55 Å². The van der Waals surface area contributed by atoms with Crippen LogP contribution in [0.5, 0.6) is 0 Å². The van der Waals surface area contributed by atoms with Crippen LogP contribution in [0, 0.1) is 12.3 Å². The summed E-state index contributed by atoms with van der Waals surface area (Å²) >= 11 is 0. The van der Waals surface area contributed by atoms with Gasteiger partial charge >= 0.3 is 5.69 Å². The second-order valence-corrected chi connectivity index (χ2v) is 4.24. The van der Waals surface area contributed by atoms with Crippen molar-refractivity contribution in [2.75, 3.05) is 13.2 Å². The number of aliphatic hydroxyl groups is 2. The van der Waals surface area contributed by atoms with Crippen molar-refractivity contribution in [3.63, 3.8) is 0 Å². The number of terminal acetylenes is 1. The van der Waals surface area contributed by atoms with Crippen LogP contribution in [0.4, 0.5) is 0 Å². The monoisotopic (exact) mass is 282 g/mol. The Labute approximate surface area is 113 Å². The van der Waals surface area contributed by atoms with Gasteiger partial charge in [-0.15, -0.1) is 6.42 Å². The van der Waals surface area contributed by atoms with E-state index >= 15 is 0 Å². The maximum Gasteiger partial charge on any atom is 0.330 e. The van der Waals surface area contributed by atoms with Gasteiger partial charge in [-0.05, 0) is 0 Å². The van der Waals surface area contributed by atoms with Crippen LogP contribution in [-0.4, -0.2) is 51.3 Å². The summed E-state index contributed by atoms with van der Waals surface area (Å²) in [5.74, 6) is 2.25. The molecule has 0 unspecified atom stereocenters. The van der Waals surface area contributed by atoms with Crippen LogP contribution in [0.1, 0.15) is 6.23 Å². The molecule has 1 aliphatic heterocycles. The van der Waals surface area contributed by atoms with Crippen molar-refractivity contribution >= 4 is 0 Å². The van der Waals surface area contributed by atoms with Gasteiger partial charge in [0, 0.05) is 12.3 Å². The van der Waals surface area contributed by atoms with E-state index in [-0.39, 0.29) is 6.61 Å². The Kier molecular flexibility index (Phi) is 4.36. The SMILES string of the molecule is C#CCO[C@@H]1[C@H](O)[C@@H](CO)O[C@H]1n1ccc(=O)[nH]c1=O. The number of nitrogens with zero attached hydrogens (tertiary/aromatic N) is 1. The highest BCUT2D eigenvalue weighted by Crippen LogP contribution is 2.30. The summed E-state index contributed by atoms with van der Waals surface area (Å²) in [6.07, 6.45) is 2.36. The van der Waals surface area contributed by atoms with Crippen LogP contribution in [-0.2, 0) is 9.47 Å². The van der Waals surface area contributed by atoms with Gasteiger partial charge in [0.2, 0.25) is 0 Å². The Morgan fingerprint density at radius 3 is 2.90 bits per heavy atom. The summed E-state index contributed by atoms with van der Waals surface area (Å²) < 4.78 is 11.7. The lowest BCUT2D eigenvalue weighted by Crippen LogP contribution is -2.39. The predicted molar refractivity (Wildman–Crippen MR) is 66.9 cm³/mol. The molecule has 0 bridgehead atoms. The molecule has 0 saturated carbocycles. The smallest absolute Gasteiger partial charge is 0.330 e. The van der Waals surface area contributed by atoms with Gasteiger partial charge in [-0.25, -0.2) is 4.79 Å². The Morgan fingerprint density at radius 1 is 1.55 bits per heavy atom. The average molecular weight is 282 g/mol. The quantitative estimate of drug-likeness (QED) is 0.540. The van der Waals surface area contributed by atoms with E-state index in [2.05, 4.69) is 10.9 Å². The van der Waals surface area contributed by atoms with Gasteiger partial charge in [-0.2, -0.15) is 0 Å². The molecule has 108 valence electrons. The zero-order valence-electron chi connectivity index (χ0n) is 10.4. The van der Waals surface area contributed by atoms with Crippen LogP contribution >= 0.6 is 0 Å². The van der Waals surface area contributed by atoms with Gasteiger partial charge in [0.15, 0.2) is 6.23 Å². The van der Waals surface area contributed by atoms with Gasteiger partial charge in [0.05, 0.1) is 6.61 Å². The highest BCUT2D eigenvalue weighted by molar-refractivity contribution is 4.95. The molecule has 8 nitrogen and oxygen atoms in total. The molecule has 0 radical (unpaired) electrons. The number of rotatable bonds is 4. The number of aliphatic hydroxyl groups excluding tert-OH is 2. The Balaban J connectivity index is 2.34. The van der Waals surface area contributed by atoms with Crippen molar-refractivity contribution in [2.45, 2.75) is 24.5 Å². The predicted octanol–water partition coefficient (Wildman–Crippen LogP) is -2.19. The minimum absolute atomic E-state index is 0.0855. The van der Waals surface area contributed by atoms with E-state index < -0.39 is 42.4 Å². The van der Waals surface area contributed by atoms with Crippen LogP contribution in [0.3, 0.4) is 0 Å². The standard InChI is InChI=1S/C12H14N2O6/c1-2-5-19-10-9(17)7(6-15)20-11(10)14-4-3-8(16)13-12(14)18/h1,3-4,7,9-11,15,17H,5-6H2,(H,13,16,18)/t7-,9-,10-,11-/m1/s1. The molecule has 2 rings (SSSR count). The van der Waals surface area contributed by atoms with Crippen LogP contribution in [0.25, 0.3) is 0 Å². The summed E-state index contributed by atoms with van der Waals surface area (Å²) in [7, 11) is 0. The fourth-order valence-corrected chi connectivity index (χ4v) is 2.05. The van der Waals surface area contributed by atoms with E-state index in [1.165, 1.54) is 6.20 Å². The third-order valence-corrected chi connectivity index (χ3v) is 2.98. The highest BCUT2D eigenvalue weighted by atomic mass is 16.6. The first kappa shape index (κ1) is 14.5. The number of aromatic nitrogens is 2. The summed E-state index contributed by atoms with van der Waals surface area (Å²) in [5, 5.41) is 19.1. The van der Waals surface area contributed by atoms with Crippen molar-refractivity contribution in [1.29, 1.82) is 0 Å². The first-order chi connectivity index (χ1) is 9.58. The number of H-pyrrole nitrogens is 1. The molecule has 8 heteroatoms. The van der Waals surface area contributed by atoms with E-state index in [1.807, 2.05) is 0 Å². The van der Waals surface area contributed by atoms with Crippen molar-refractivity contribution in [2.24, 2.45) is 0 Å². The van der Waals surface area contributed by atoms with E-state index in [1.54, 1.807) is 0 Å². The molecule has 20 heavy (non-hydrogen) atoms. The van der Waals surface area contributed by atoms with E-state index in [0.717, 1.165) is 10.6 Å². The molecule has 4 atom stereocenters. The normalized spacial score (nSPS) is 29.2. The fraction of sp³-hybridized carbons (Fsp3) is 0.500. The first-order valence-corrected chi connectivity index (χ1v) is 5.89. The van der Waals surface area contributed by atoms with Crippen molar-refractivity contribution in [3.05, 3.63) is 33.1 Å². The largest absolute Gasteiger partial charge is 0.394 e. The Morgan fingerprint density at radius 2 is 2.30 bits per heavy atom. The van der Waals surface area contributed by atoms with E-state index in [0.29, 0.717) is 0 Å². The summed E-state index contributed by atoms with van der Waals surface area (Å²) in [4.78, 5) is 24.8. The topological polar surface area (TPSA) is 114 Å². The number of ether oxygens (including phenoxy) is 2. The number of nitrogens with one attached hydrogen (secondary N) is 1. The highest BCUT2D eigenvalue weighted by Gasteiger charge is 2.45. The van der Waals surface area contributed by atoms with Gasteiger partial charge in [-0.3, -0.25) is 14.3 Å². The molecular formula is C12H14N2O6. The van der Waals surface area contributed by atoms with Gasteiger partial charge in [-0.1, -0.05) is 5.92 Å². The lowest BCUT2D eigenvalue weighted by Gasteiger charge is -2.21. The van der Waals surface area contributed by atoms with Crippen molar-refractivity contribution < 1.29 is 19.7 Å². The third kappa shape index (κ3) is 2.66. The number of aromatic amines is 1. The number of hydrogen-bond acceptors (Lipinski definition) is 6. The Hall–Kier alpha value is -1.92. The second kappa shape index (κ2) is 6.02. The van der Waals surface area contributed by atoms with E-state index in [9.17, 15) is 14.7 Å². The van der Waals surface area contributed by atoms with Crippen LogP contribution in [0.2, 0.25) is 0 Å². The first-order valence-electron chi connectivity index (χ1n) is 5.89. The zero-order valence-corrected chi connectivity index (χ0v) is 10.4. The minimum Gasteiger partial charge on any atom is -0.394 e. The molecule has 1 aromatic rings. The zero-order chi connectivity index (χ0) is 14.7. The van der Waals surface area contributed by atoms with Crippen LogP contribution < -0.4 is 11.2 Å². The van der Waals surface area contributed by atoms with Gasteiger partial charge in [0.25, 0.3) is 5.56 Å². The fourth-order valence-electron chi connectivity index (χ4n) is 2.05. The molecule has 2 heterocycles. The van der Waals surface area contributed by atoms with Gasteiger partial charge < -0.3 is 19.7 Å². The average Bonchev–Trinajstić information content (AvgIpc) is 2.73. The molecule has 1 saturated heterocycles. The molecule has 1 aromatic heterocycles. The van der Waals surface area contributed by atoms with Gasteiger partial charge in [0.1, 0.15) is 24.9 Å². The third-order valence-electron chi connectivity index (χ3n) is 2.98. The lowest BCUT2D eigenvalue weighted by atomic mass is 10.1. The van der Waals surface area contributed by atoms with E-state index in [4.69, 9.17) is 21.0 Å². The number of hydrogen-bond donors (Lipinski definition) is 3. The summed E-state index contributed by atoms with van der Waals surface area (Å²) in [5.41, 5.74) is -1.26. The van der Waals surface area contributed by atoms with Crippen LogP contribution in [0.15, 0.2) is 21.9 Å². The molecule has 0 amide bonds. The minimum atomic E-state index is -1.14. The molecular weight excluding hydrogens is 268 g/mol.